The first-order valence-electron chi connectivity index (χ1n) is 8.34. The number of aliphatic hydroxyl groups excluding tert-OH is 1. The van der Waals surface area contributed by atoms with Crippen molar-refractivity contribution in [3.8, 4) is 22.6 Å². The van der Waals surface area contributed by atoms with Gasteiger partial charge in [0.05, 0.1) is 5.69 Å². The summed E-state index contributed by atoms with van der Waals surface area (Å²) >= 11 is 0. The second kappa shape index (κ2) is 5.82. The lowest BCUT2D eigenvalue weighted by Gasteiger charge is -2.02. The van der Waals surface area contributed by atoms with Crippen LogP contribution < -0.4 is 0 Å². The minimum absolute atomic E-state index is 0.104. The summed E-state index contributed by atoms with van der Waals surface area (Å²) in [5.74, 6) is 1.28. The molecule has 0 aliphatic heterocycles. The molecule has 5 rings (SSSR count). The summed E-state index contributed by atoms with van der Waals surface area (Å²) < 4.78 is 7.62. The number of fused-ring (bicyclic) bond motifs is 2. The predicted octanol–water partition coefficient (Wildman–Crippen LogP) is 4.30. The molecule has 0 saturated heterocycles. The Kier molecular flexibility index (Phi) is 3.33. The van der Waals surface area contributed by atoms with Crippen LogP contribution in [0.2, 0.25) is 0 Å². The highest BCUT2D eigenvalue weighted by Gasteiger charge is 2.10. The van der Waals surface area contributed by atoms with Gasteiger partial charge in [-0.1, -0.05) is 18.2 Å². The Morgan fingerprint density at radius 1 is 1.00 bits per heavy atom. The number of furan rings is 1. The number of hydrogen-bond acceptors (Lipinski definition) is 4. The topological polar surface area (TPSA) is 63.6 Å². The lowest BCUT2D eigenvalue weighted by atomic mass is 10.0. The van der Waals surface area contributed by atoms with Crippen molar-refractivity contribution in [2.24, 2.45) is 0 Å². The van der Waals surface area contributed by atoms with Crippen LogP contribution in [0.4, 0.5) is 0 Å². The average molecular weight is 341 g/mol. The number of pyridine rings is 2. The molecule has 0 saturated carbocycles. The lowest BCUT2D eigenvalue weighted by molar-refractivity contribution is 0.248. The molecule has 1 aromatic carbocycles. The summed E-state index contributed by atoms with van der Waals surface area (Å²) in [7, 11) is 0. The van der Waals surface area contributed by atoms with E-state index in [4.69, 9.17) is 9.40 Å². The smallest absolute Gasteiger partial charge is 0.137 e. The predicted molar refractivity (Wildman–Crippen MR) is 99.6 cm³/mol. The first kappa shape index (κ1) is 14.9. The first-order chi connectivity index (χ1) is 12.8. The average Bonchev–Trinajstić information content (AvgIpc) is 3.33. The highest BCUT2D eigenvalue weighted by atomic mass is 16.4. The summed E-state index contributed by atoms with van der Waals surface area (Å²) in [4.78, 5) is 8.95. The Balaban J connectivity index is 1.64. The van der Waals surface area contributed by atoms with Crippen molar-refractivity contribution in [2.45, 2.75) is 6.61 Å². The Morgan fingerprint density at radius 3 is 2.85 bits per heavy atom. The summed E-state index contributed by atoms with van der Waals surface area (Å²) in [5, 5.41) is 11.4. The van der Waals surface area contributed by atoms with Crippen molar-refractivity contribution in [3.05, 3.63) is 79.1 Å². The van der Waals surface area contributed by atoms with E-state index in [1.54, 1.807) is 12.3 Å². The molecule has 5 heteroatoms. The van der Waals surface area contributed by atoms with E-state index in [-0.39, 0.29) is 6.61 Å². The van der Waals surface area contributed by atoms with Gasteiger partial charge < -0.3 is 13.9 Å². The number of nitrogens with zero attached hydrogens (tertiary/aromatic N) is 3. The molecule has 26 heavy (non-hydrogen) atoms. The first-order valence-corrected chi connectivity index (χ1v) is 8.34. The fourth-order valence-corrected chi connectivity index (χ4v) is 3.23. The molecule has 4 heterocycles. The zero-order valence-corrected chi connectivity index (χ0v) is 13.8. The van der Waals surface area contributed by atoms with Crippen LogP contribution >= 0.6 is 0 Å². The third-order valence-corrected chi connectivity index (χ3v) is 4.51. The van der Waals surface area contributed by atoms with E-state index in [2.05, 4.69) is 17.1 Å². The monoisotopic (exact) mass is 341 g/mol. The highest BCUT2D eigenvalue weighted by Crippen LogP contribution is 2.29. The molecule has 4 aromatic heterocycles. The fourth-order valence-electron chi connectivity index (χ4n) is 3.23. The highest BCUT2D eigenvalue weighted by molar-refractivity contribution is 5.95. The van der Waals surface area contributed by atoms with Crippen molar-refractivity contribution in [3.63, 3.8) is 0 Å². The molecule has 0 atom stereocenters. The van der Waals surface area contributed by atoms with Gasteiger partial charge >= 0.3 is 0 Å². The molecular formula is C21H15N3O2. The molecular weight excluding hydrogens is 326 g/mol. The Labute approximate surface area is 149 Å². The van der Waals surface area contributed by atoms with E-state index in [9.17, 15) is 5.11 Å². The van der Waals surface area contributed by atoms with Crippen LogP contribution in [0.25, 0.3) is 39.0 Å². The molecule has 0 amide bonds. The molecule has 0 unspecified atom stereocenters. The Bertz CT molecular complexity index is 1230. The van der Waals surface area contributed by atoms with Crippen molar-refractivity contribution in [1.82, 2.24) is 14.4 Å². The fraction of sp³-hybridized carbons (Fsp3) is 0.0476. The van der Waals surface area contributed by atoms with Gasteiger partial charge in [-0.05, 0) is 35.7 Å². The molecule has 0 radical (unpaired) electrons. The SMILES string of the molecule is OCc1ccc(-c2ccc3nc(-c4cccc5cnccc45)cn3c2)o1. The zero-order valence-electron chi connectivity index (χ0n) is 13.8. The Hall–Kier alpha value is -3.44. The van der Waals surface area contributed by atoms with Gasteiger partial charge in [0.15, 0.2) is 0 Å². The number of rotatable bonds is 3. The van der Waals surface area contributed by atoms with Crippen LogP contribution in [0.1, 0.15) is 5.76 Å². The molecule has 0 bridgehead atoms. The number of aromatic nitrogens is 3. The minimum atomic E-state index is -0.104. The van der Waals surface area contributed by atoms with E-state index < -0.39 is 0 Å². The van der Waals surface area contributed by atoms with Gasteiger partial charge in [-0.3, -0.25) is 4.98 Å². The number of imidazole rings is 1. The molecule has 5 nitrogen and oxygen atoms in total. The quantitative estimate of drug-likeness (QED) is 0.531. The van der Waals surface area contributed by atoms with Crippen LogP contribution in [0.15, 0.2) is 77.7 Å². The minimum Gasteiger partial charge on any atom is -0.459 e. The summed E-state index contributed by atoms with van der Waals surface area (Å²) in [6, 6.07) is 15.7. The van der Waals surface area contributed by atoms with Crippen LogP contribution in [0.3, 0.4) is 0 Å². The van der Waals surface area contributed by atoms with E-state index in [0.717, 1.165) is 39.0 Å². The maximum Gasteiger partial charge on any atom is 0.137 e. The summed E-state index contributed by atoms with van der Waals surface area (Å²) in [6.45, 7) is -0.104. The van der Waals surface area contributed by atoms with Crippen molar-refractivity contribution >= 4 is 16.4 Å². The van der Waals surface area contributed by atoms with E-state index in [1.165, 1.54) is 0 Å². The largest absolute Gasteiger partial charge is 0.459 e. The van der Waals surface area contributed by atoms with Gasteiger partial charge in [0.1, 0.15) is 23.8 Å². The molecule has 1 N–H and O–H groups in total. The maximum absolute atomic E-state index is 9.17. The number of benzene rings is 1. The van der Waals surface area contributed by atoms with Gasteiger partial charge in [0.25, 0.3) is 0 Å². The van der Waals surface area contributed by atoms with E-state index in [1.807, 2.05) is 53.3 Å². The lowest BCUT2D eigenvalue weighted by Crippen LogP contribution is -1.84. The van der Waals surface area contributed by atoms with E-state index in [0.29, 0.717) is 5.76 Å². The van der Waals surface area contributed by atoms with Crippen molar-refractivity contribution in [1.29, 1.82) is 0 Å². The maximum atomic E-state index is 9.17. The summed E-state index contributed by atoms with van der Waals surface area (Å²) in [6.07, 6.45) is 7.67. The van der Waals surface area contributed by atoms with Gasteiger partial charge in [0.2, 0.25) is 0 Å². The van der Waals surface area contributed by atoms with Crippen molar-refractivity contribution in [2.75, 3.05) is 0 Å². The Morgan fingerprint density at radius 2 is 1.96 bits per heavy atom. The van der Waals surface area contributed by atoms with Crippen LogP contribution in [-0.2, 0) is 6.61 Å². The second-order valence-corrected chi connectivity index (χ2v) is 6.14. The van der Waals surface area contributed by atoms with Gasteiger partial charge in [0, 0.05) is 41.3 Å². The number of aliphatic hydroxyl groups is 1. The molecule has 5 aromatic rings. The summed E-state index contributed by atoms with van der Waals surface area (Å²) in [5.41, 5.74) is 3.79. The van der Waals surface area contributed by atoms with Crippen LogP contribution in [-0.4, -0.2) is 19.5 Å². The van der Waals surface area contributed by atoms with Gasteiger partial charge in [-0.2, -0.15) is 0 Å². The third kappa shape index (κ3) is 2.37. The van der Waals surface area contributed by atoms with Crippen molar-refractivity contribution < 1.29 is 9.52 Å². The molecule has 0 fully saturated rings. The normalized spacial score (nSPS) is 11.4. The number of hydrogen-bond donors (Lipinski definition) is 1. The molecule has 126 valence electrons. The van der Waals surface area contributed by atoms with Crippen LogP contribution in [0.5, 0.6) is 0 Å². The molecule has 0 aliphatic carbocycles. The van der Waals surface area contributed by atoms with Gasteiger partial charge in [-0.15, -0.1) is 0 Å². The van der Waals surface area contributed by atoms with Gasteiger partial charge in [-0.25, -0.2) is 4.98 Å². The molecule has 0 spiro atoms. The van der Waals surface area contributed by atoms with E-state index >= 15 is 0 Å². The molecule has 0 aliphatic rings. The zero-order chi connectivity index (χ0) is 17.5. The van der Waals surface area contributed by atoms with Crippen LogP contribution in [0, 0.1) is 0 Å². The third-order valence-electron chi connectivity index (χ3n) is 4.51. The standard InChI is InChI=1S/C21H15N3O2/c25-13-16-5-6-20(26-16)15-4-7-21-23-19(12-24(21)11-15)18-3-1-2-14-10-22-9-8-17(14)18/h1-12,25H,13H2. The second-order valence-electron chi connectivity index (χ2n) is 6.14.